The SMILES string of the molecule is CCCCCCCCCCCCCCCCC(=O)O[C@@H](COC(=O)CCCCCCCCCCCCCCC)COC(=O)CCCCCCCCCCCC(C)C. The summed E-state index contributed by atoms with van der Waals surface area (Å²) in [6, 6.07) is 0. The zero-order valence-electron chi connectivity index (χ0n) is 38.8. The fourth-order valence-electron chi connectivity index (χ4n) is 7.69. The van der Waals surface area contributed by atoms with Crippen molar-refractivity contribution in [3.8, 4) is 0 Å². The summed E-state index contributed by atoms with van der Waals surface area (Å²) < 4.78 is 16.8. The second kappa shape index (κ2) is 45.5. The summed E-state index contributed by atoms with van der Waals surface area (Å²) in [7, 11) is 0. The molecule has 6 nitrogen and oxygen atoms in total. The summed E-state index contributed by atoms with van der Waals surface area (Å²) in [6.45, 7) is 9.00. The van der Waals surface area contributed by atoms with Gasteiger partial charge in [-0.15, -0.1) is 0 Å². The Balaban J connectivity index is 4.32. The van der Waals surface area contributed by atoms with E-state index in [0.717, 1.165) is 63.7 Å². The third kappa shape index (κ3) is 45.3. The Hall–Kier alpha value is -1.59. The average Bonchev–Trinajstić information content (AvgIpc) is 3.19. The van der Waals surface area contributed by atoms with Gasteiger partial charge in [0.15, 0.2) is 6.10 Å². The molecular formula is C51H98O6. The molecule has 0 aromatic carbocycles. The zero-order valence-corrected chi connectivity index (χ0v) is 38.8. The fraction of sp³-hybridized carbons (Fsp3) is 0.941. The Bertz CT molecular complexity index is 857. The molecule has 1 atom stereocenters. The van der Waals surface area contributed by atoms with E-state index in [0.29, 0.717) is 19.3 Å². The van der Waals surface area contributed by atoms with E-state index in [9.17, 15) is 14.4 Å². The second-order valence-electron chi connectivity index (χ2n) is 17.9. The highest BCUT2D eigenvalue weighted by molar-refractivity contribution is 5.71. The van der Waals surface area contributed by atoms with Crippen LogP contribution in [-0.4, -0.2) is 37.2 Å². The van der Waals surface area contributed by atoms with Gasteiger partial charge in [-0.1, -0.05) is 246 Å². The number of esters is 3. The van der Waals surface area contributed by atoms with Crippen molar-refractivity contribution in [2.45, 2.75) is 291 Å². The van der Waals surface area contributed by atoms with Gasteiger partial charge < -0.3 is 14.2 Å². The van der Waals surface area contributed by atoms with E-state index in [-0.39, 0.29) is 31.1 Å². The topological polar surface area (TPSA) is 78.9 Å². The van der Waals surface area contributed by atoms with Gasteiger partial charge in [-0.2, -0.15) is 0 Å². The molecular weight excluding hydrogens is 709 g/mol. The molecule has 0 saturated carbocycles. The van der Waals surface area contributed by atoms with Crippen molar-refractivity contribution in [2.75, 3.05) is 13.2 Å². The van der Waals surface area contributed by atoms with E-state index >= 15 is 0 Å². The quantitative estimate of drug-likeness (QED) is 0.0346. The van der Waals surface area contributed by atoms with E-state index in [4.69, 9.17) is 14.2 Å². The monoisotopic (exact) mass is 807 g/mol. The molecule has 0 aliphatic carbocycles. The van der Waals surface area contributed by atoms with Gasteiger partial charge in [-0.05, 0) is 25.2 Å². The maximum atomic E-state index is 12.8. The highest BCUT2D eigenvalue weighted by atomic mass is 16.6. The maximum absolute atomic E-state index is 12.8. The summed E-state index contributed by atoms with van der Waals surface area (Å²) in [5.41, 5.74) is 0. The lowest BCUT2D eigenvalue weighted by atomic mass is 10.0. The van der Waals surface area contributed by atoms with Crippen LogP contribution in [0.3, 0.4) is 0 Å². The van der Waals surface area contributed by atoms with Crippen LogP contribution in [-0.2, 0) is 28.6 Å². The van der Waals surface area contributed by atoms with Gasteiger partial charge in [-0.25, -0.2) is 0 Å². The first-order valence-corrected chi connectivity index (χ1v) is 25.4. The number of rotatable bonds is 46. The molecule has 0 unspecified atom stereocenters. The summed E-state index contributed by atoms with van der Waals surface area (Å²) in [5.74, 6) is -0.0376. The predicted molar refractivity (Wildman–Crippen MR) is 243 cm³/mol. The van der Waals surface area contributed by atoms with E-state index in [1.807, 2.05) is 0 Å². The maximum Gasteiger partial charge on any atom is 0.306 e. The third-order valence-electron chi connectivity index (χ3n) is 11.5. The molecule has 0 amide bonds. The summed E-state index contributed by atoms with van der Waals surface area (Å²) in [5, 5.41) is 0. The smallest absolute Gasteiger partial charge is 0.306 e. The highest BCUT2D eigenvalue weighted by Gasteiger charge is 2.19. The Kier molecular flexibility index (Phi) is 44.2. The van der Waals surface area contributed by atoms with Crippen LogP contribution < -0.4 is 0 Å². The lowest BCUT2D eigenvalue weighted by Crippen LogP contribution is -2.30. The molecule has 0 saturated heterocycles. The normalized spacial score (nSPS) is 11.9. The van der Waals surface area contributed by atoms with Gasteiger partial charge in [0.2, 0.25) is 0 Å². The molecule has 0 radical (unpaired) electrons. The van der Waals surface area contributed by atoms with Crippen molar-refractivity contribution in [3.05, 3.63) is 0 Å². The Morgan fingerprint density at radius 1 is 0.333 bits per heavy atom. The molecule has 6 heteroatoms. The molecule has 0 heterocycles. The van der Waals surface area contributed by atoms with Crippen molar-refractivity contribution in [2.24, 2.45) is 5.92 Å². The first-order valence-electron chi connectivity index (χ1n) is 25.4. The average molecular weight is 807 g/mol. The number of ether oxygens (including phenoxy) is 3. The first-order chi connectivity index (χ1) is 27.9. The largest absolute Gasteiger partial charge is 0.462 e. The van der Waals surface area contributed by atoms with Crippen LogP contribution >= 0.6 is 0 Å². The van der Waals surface area contributed by atoms with Crippen LogP contribution in [0.1, 0.15) is 285 Å². The molecule has 0 bridgehead atoms. The number of carbonyl (C=O) groups excluding carboxylic acids is 3. The van der Waals surface area contributed by atoms with Crippen molar-refractivity contribution in [1.29, 1.82) is 0 Å². The lowest BCUT2D eigenvalue weighted by Gasteiger charge is -2.18. The van der Waals surface area contributed by atoms with E-state index < -0.39 is 6.10 Å². The van der Waals surface area contributed by atoms with Gasteiger partial charge in [-0.3, -0.25) is 14.4 Å². The molecule has 0 aromatic rings. The van der Waals surface area contributed by atoms with Crippen LogP contribution in [0, 0.1) is 5.92 Å². The number of hydrogen-bond donors (Lipinski definition) is 0. The van der Waals surface area contributed by atoms with Gasteiger partial charge >= 0.3 is 17.9 Å². The summed E-state index contributed by atoms with van der Waals surface area (Å²) >= 11 is 0. The molecule has 0 aliphatic heterocycles. The van der Waals surface area contributed by atoms with Crippen molar-refractivity contribution in [3.63, 3.8) is 0 Å². The molecule has 0 fully saturated rings. The van der Waals surface area contributed by atoms with Crippen LogP contribution in [0.15, 0.2) is 0 Å². The number of carbonyl (C=O) groups is 3. The van der Waals surface area contributed by atoms with Gasteiger partial charge in [0.05, 0.1) is 0 Å². The Labute approximate surface area is 355 Å². The van der Waals surface area contributed by atoms with Crippen molar-refractivity contribution >= 4 is 17.9 Å². The van der Waals surface area contributed by atoms with Crippen molar-refractivity contribution < 1.29 is 28.6 Å². The van der Waals surface area contributed by atoms with Crippen molar-refractivity contribution in [1.82, 2.24) is 0 Å². The van der Waals surface area contributed by atoms with Gasteiger partial charge in [0, 0.05) is 19.3 Å². The molecule has 0 aromatic heterocycles. The minimum atomic E-state index is -0.760. The standard InChI is InChI=1S/C51H98O6/c1-5-7-9-11-13-15-17-19-21-23-27-32-36-40-44-51(54)57-48(46-56-50(53)43-39-35-31-28-24-25-29-33-37-41-47(3)4)45-55-49(52)42-38-34-30-26-22-20-18-16-14-12-10-8-6-2/h47-48H,5-46H2,1-4H3/t48-/m0/s1. The summed E-state index contributed by atoms with van der Waals surface area (Å²) in [4.78, 5) is 37.9. The third-order valence-corrected chi connectivity index (χ3v) is 11.5. The van der Waals surface area contributed by atoms with Gasteiger partial charge in [0.25, 0.3) is 0 Å². The Morgan fingerprint density at radius 3 is 0.860 bits per heavy atom. The summed E-state index contributed by atoms with van der Waals surface area (Å²) in [6.07, 6.45) is 46.5. The molecule has 0 aliphatic rings. The van der Waals surface area contributed by atoms with E-state index in [2.05, 4.69) is 27.7 Å². The number of hydrogen-bond acceptors (Lipinski definition) is 6. The molecule has 0 rings (SSSR count). The van der Waals surface area contributed by atoms with E-state index in [1.165, 1.54) is 180 Å². The molecule has 338 valence electrons. The second-order valence-corrected chi connectivity index (χ2v) is 17.9. The molecule has 0 N–H and O–H groups in total. The molecule has 57 heavy (non-hydrogen) atoms. The molecule has 0 spiro atoms. The predicted octanol–water partition coefficient (Wildman–Crippen LogP) is 16.3. The van der Waals surface area contributed by atoms with Gasteiger partial charge in [0.1, 0.15) is 13.2 Å². The lowest BCUT2D eigenvalue weighted by molar-refractivity contribution is -0.167. The fourth-order valence-corrected chi connectivity index (χ4v) is 7.69. The minimum absolute atomic E-state index is 0.0630. The van der Waals surface area contributed by atoms with Crippen LogP contribution in [0.5, 0.6) is 0 Å². The Morgan fingerprint density at radius 2 is 0.579 bits per heavy atom. The minimum Gasteiger partial charge on any atom is -0.462 e. The van der Waals surface area contributed by atoms with Crippen LogP contribution in [0.2, 0.25) is 0 Å². The highest BCUT2D eigenvalue weighted by Crippen LogP contribution is 2.17. The van der Waals surface area contributed by atoms with Crippen LogP contribution in [0.25, 0.3) is 0 Å². The first kappa shape index (κ1) is 55.4. The van der Waals surface area contributed by atoms with Crippen LogP contribution in [0.4, 0.5) is 0 Å². The number of unbranched alkanes of at least 4 members (excludes halogenated alkanes) is 33. The zero-order chi connectivity index (χ0) is 41.7. The van der Waals surface area contributed by atoms with E-state index in [1.54, 1.807) is 0 Å².